The second kappa shape index (κ2) is 9.70. The van der Waals surface area contributed by atoms with Gasteiger partial charge in [0.25, 0.3) is 0 Å². The van der Waals surface area contributed by atoms with Crippen molar-refractivity contribution in [2.75, 3.05) is 27.2 Å². The Morgan fingerprint density at radius 2 is 2.14 bits per heavy atom. The largest absolute Gasteiger partial charge is 0.494 e. The summed E-state index contributed by atoms with van der Waals surface area (Å²) in [7, 11) is 4.06. The first kappa shape index (κ1) is 18.8. The van der Waals surface area contributed by atoms with Crippen molar-refractivity contribution in [3.05, 3.63) is 28.8 Å². The highest BCUT2D eigenvalue weighted by Crippen LogP contribution is 2.21. The molecule has 22 heavy (non-hydrogen) atoms. The third kappa shape index (κ3) is 7.66. The van der Waals surface area contributed by atoms with Crippen LogP contribution in [0.2, 0.25) is 5.02 Å². The molecule has 124 valence electrons. The van der Waals surface area contributed by atoms with Crippen LogP contribution in [0.15, 0.2) is 18.2 Å². The zero-order chi connectivity index (χ0) is 16.5. The zero-order valence-corrected chi connectivity index (χ0v) is 14.7. The van der Waals surface area contributed by atoms with Crippen LogP contribution in [0.25, 0.3) is 0 Å². The van der Waals surface area contributed by atoms with Crippen LogP contribution in [0.3, 0.4) is 0 Å². The number of hydrogen-bond acceptors (Lipinski definition) is 3. The number of nitrogens with one attached hydrogen (secondary N) is 1. The second-order valence-electron chi connectivity index (χ2n) is 5.92. The summed E-state index contributed by atoms with van der Waals surface area (Å²) < 4.78 is 5.63. The molecule has 1 N–H and O–H groups in total. The molecule has 1 aromatic carbocycles. The summed E-state index contributed by atoms with van der Waals surface area (Å²) in [4.78, 5) is 13.9. The smallest absolute Gasteiger partial charge is 0.220 e. The first-order valence-electron chi connectivity index (χ1n) is 7.71. The lowest BCUT2D eigenvalue weighted by molar-refractivity contribution is -0.121. The lowest BCUT2D eigenvalue weighted by Gasteiger charge is -2.16. The predicted molar refractivity (Wildman–Crippen MR) is 91.7 cm³/mol. The van der Waals surface area contributed by atoms with Gasteiger partial charge in [-0.05, 0) is 71.1 Å². The van der Waals surface area contributed by atoms with Gasteiger partial charge in [0.2, 0.25) is 5.91 Å². The number of hydrogen-bond donors (Lipinski definition) is 1. The summed E-state index contributed by atoms with van der Waals surface area (Å²) in [5, 5.41) is 3.75. The molecular weight excluding hydrogens is 300 g/mol. The van der Waals surface area contributed by atoms with Gasteiger partial charge >= 0.3 is 0 Å². The lowest BCUT2D eigenvalue weighted by Crippen LogP contribution is -2.34. The number of carbonyl (C=O) groups excluding carboxylic acids is 1. The minimum atomic E-state index is 0.0853. The summed E-state index contributed by atoms with van der Waals surface area (Å²) in [5.74, 6) is 0.879. The molecule has 0 aromatic heterocycles. The van der Waals surface area contributed by atoms with E-state index in [4.69, 9.17) is 16.3 Å². The predicted octanol–water partition coefficient (Wildman–Crippen LogP) is 3.26. The van der Waals surface area contributed by atoms with Gasteiger partial charge in [0.15, 0.2) is 0 Å². The van der Waals surface area contributed by atoms with Crippen LogP contribution < -0.4 is 10.1 Å². The van der Waals surface area contributed by atoms with Gasteiger partial charge in [-0.15, -0.1) is 0 Å². The topological polar surface area (TPSA) is 41.6 Å². The minimum absolute atomic E-state index is 0.0853. The van der Waals surface area contributed by atoms with Gasteiger partial charge in [0.05, 0.1) is 6.61 Å². The van der Waals surface area contributed by atoms with Crippen molar-refractivity contribution < 1.29 is 9.53 Å². The normalized spacial score (nSPS) is 12.3. The second-order valence-corrected chi connectivity index (χ2v) is 6.33. The van der Waals surface area contributed by atoms with Crippen molar-refractivity contribution in [3.63, 3.8) is 0 Å². The fourth-order valence-electron chi connectivity index (χ4n) is 2.00. The van der Waals surface area contributed by atoms with Gasteiger partial charge in [0.1, 0.15) is 5.75 Å². The van der Waals surface area contributed by atoms with Crippen molar-refractivity contribution >= 4 is 17.5 Å². The van der Waals surface area contributed by atoms with Gasteiger partial charge in [-0.1, -0.05) is 11.6 Å². The third-order valence-electron chi connectivity index (χ3n) is 3.36. The quantitative estimate of drug-likeness (QED) is 0.708. The summed E-state index contributed by atoms with van der Waals surface area (Å²) >= 11 is 5.97. The van der Waals surface area contributed by atoms with E-state index in [1.165, 1.54) is 0 Å². The van der Waals surface area contributed by atoms with Crippen molar-refractivity contribution in [3.8, 4) is 5.75 Å². The standard InChI is InChI=1S/C17H27ClN2O2/c1-13-12-15(7-8-16(13)18)22-11-5-6-17(21)19-14(2)9-10-20(3)4/h7-8,12,14H,5-6,9-11H2,1-4H3,(H,19,21). The SMILES string of the molecule is Cc1cc(OCCCC(=O)NC(C)CCN(C)C)ccc1Cl. The van der Waals surface area contributed by atoms with E-state index in [-0.39, 0.29) is 11.9 Å². The molecule has 0 aliphatic carbocycles. The monoisotopic (exact) mass is 326 g/mol. The van der Waals surface area contributed by atoms with Crippen molar-refractivity contribution in [2.24, 2.45) is 0 Å². The Morgan fingerprint density at radius 1 is 1.41 bits per heavy atom. The van der Waals surface area contributed by atoms with E-state index in [2.05, 4.69) is 10.2 Å². The molecule has 0 spiro atoms. The maximum Gasteiger partial charge on any atom is 0.220 e. The number of benzene rings is 1. The van der Waals surface area contributed by atoms with E-state index >= 15 is 0 Å². The number of nitrogens with zero attached hydrogens (tertiary/aromatic N) is 1. The van der Waals surface area contributed by atoms with Crippen LogP contribution >= 0.6 is 11.6 Å². The Hall–Kier alpha value is -1.26. The number of aryl methyl sites for hydroxylation is 1. The van der Waals surface area contributed by atoms with Crippen molar-refractivity contribution in [1.82, 2.24) is 10.2 Å². The Balaban J connectivity index is 2.18. The van der Waals surface area contributed by atoms with Crippen LogP contribution in [0.1, 0.15) is 31.7 Å². The average Bonchev–Trinajstić information content (AvgIpc) is 2.45. The molecule has 0 bridgehead atoms. The lowest BCUT2D eigenvalue weighted by atomic mass is 10.2. The van der Waals surface area contributed by atoms with Crippen LogP contribution in [0.4, 0.5) is 0 Å². The van der Waals surface area contributed by atoms with Crippen LogP contribution in [-0.4, -0.2) is 44.1 Å². The highest BCUT2D eigenvalue weighted by molar-refractivity contribution is 6.31. The maximum atomic E-state index is 11.8. The Bertz CT molecular complexity index is 478. The molecule has 1 aromatic rings. The summed E-state index contributed by atoms with van der Waals surface area (Å²) in [6, 6.07) is 5.78. The molecule has 0 fully saturated rings. The van der Waals surface area contributed by atoms with Crippen molar-refractivity contribution in [1.29, 1.82) is 0 Å². The van der Waals surface area contributed by atoms with E-state index in [0.717, 1.165) is 29.3 Å². The molecule has 0 radical (unpaired) electrons. The van der Waals surface area contributed by atoms with Gasteiger partial charge in [0, 0.05) is 17.5 Å². The number of ether oxygens (including phenoxy) is 1. The number of halogens is 1. The summed E-state index contributed by atoms with van der Waals surface area (Å²) in [6.45, 7) is 5.48. The Labute approximate surface area is 138 Å². The van der Waals surface area contributed by atoms with Crippen molar-refractivity contribution in [2.45, 2.75) is 39.2 Å². The molecule has 1 atom stereocenters. The molecule has 5 heteroatoms. The van der Waals surface area contributed by atoms with E-state index in [1.54, 1.807) is 0 Å². The molecule has 0 saturated heterocycles. The molecule has 0 aliphatic rings. The zero-order valence-electron chi connectivity index (χ0n) is 14.0. The van der Waals surface area contributed by atoms with Crippen LogP contribution in [0, 0.1) is 6.92 Å². The van der Waals surface area contributed by atoms with Gasteiger partial charge in [-0.25, -0.2) is 0 Å². The van der Waals surface area contributed by atoms with E-state index in [9.17, 15) is 4.79 Å². The fraction of sp³-hybridized carbons (Fsp3) is 0.588. The summed E-state index contributed by atoms with van der Waals surface area (Å²) in [6.07, 6.45) is 2.14. The number of rotatable bonds is 9. The first-order chi connectivity index (χ1) is 10.4. The summed E-state index contributed by atoms with van der Waals surface area (Å²) in [5.41, 5.74) is 0.992. The highest BCUT2D eigenvalue weighted by atomic mass is 35.5. The molecule has 1 unspecified atom stereocenters. The fourth-order valence-corrected chi connectivity index (χ4v) is 2.12. The Kier molecular flexibility index (Phi) is 8.28. The average molecular weight is 327 g/mol. The van der Waals surface area contributed by atoms with Crippen LogP contribution in [0.5, 0.6) is 5.75 Å². The first-order valence-corrected chi connectivity index (χ1v) is 8.09. The molecule has 1 amide bonds. The van der Waals surface area contributed by atoms with Crippen LogP contribution in [-0.2, 0) is 4.79 Å². The Morgan fingerprint density at radius 3 is 2.77 bits per heavy atom. The van der Waals surface area contributed by atoms with Gasteiger partial charge in [-0.3, -0.25) is 4.79 Å². The molecule has 4 nitrogen and oxygen atoms in total. The molecule has 0 saturated carbocycles. The molecule has 0 aliphatic heterocycles. The van der Waals surface area contributed by atoms with E-state index in [1.807, 2.05) is 46.1 Å². The number of amides is 1. The molecule has 1 rings (SSSR count). The van der Waals surface area contributed by atoms with E-state index in [0.29, 0.717) is 19.4 Å². The maximum absolute atomic E-state index is 11.8. The highest BCUT2D eigenvalue weighted by Gasteiger charge is 2.07. The third-order valence-corrected chi connectivity index (χ3v) is 3.79. The van der Waals surface area contributed by atoms with E-state index < -0.39 is 0 Å². The minimum Gasteiger partial charge on any atom is -0.494 e. The number of carbonyl (C=O) groups is 1. The van der Waals surface area contributed by atoms with Gasteiger partial charge in [-0.2, -0.15) is 0 Å². The molecular formula is C17H27ClN2O2. The van der Waals surface area contributed by atoms with Gasteiger partial charge < -0.3 is 15.0 Å². The molecule has 0 heterocycles.